The Bertz CT molecular complexity index is 303. The molecule has 18 heavy (non-hydrogen) atoms. The van der Waals surface area contributed by atoms with Crippen molar-refractivity contribution in [2.75, 3.05) is 7.11 Å². The molecule has 0 amide bonds. The summed E-state index contributed by atoms with van der Waals surface area (Å²) in [7, 11) is 1.00. The van der Waals surface area contributed by atoms with Gasteiger partial charge in [0.15, 0.2) is 5.60 Å². The Hall–Kier alpha value is -2.18. The molecular formula is C9H15NO8. The highest BCUT2D eigenvalue weighted by molar-refractivity contribution is 5.88. The summed E-state index contributed by atoms with van der Waals surface area (Å²) in [5, 5.41) is 48.1. The van der Waals surface area contributed by atoms with Crippen LogP contribution in [0.1, 0.15) is 19.8 Å². The monoisotopic (exact) mass is 265 g/mol. The van der Waals surface area contributed by atoms with E-state index in [0.717, 1.165) is 7.11 Å². The average Bonchev–Trinajstić information content (AvgIpc) is 2.19. The van der Waals surface area contributed by atoms with E-state index in [1.165, 1.54) is 6.92 Å². The van der Waals surface area contributed by atoms with Crippen molar-refractivity contribution in [2.45, 2.75) is 25.4 Å². The highest BCUT2D eigenvalue weighted by Crippen LogP contribution is 2.15. The van der Waals surface area contributed by atoms with E-state index in [1.54, 1.807) is 6.07 Å². The van der Waals surface area contributed by atoms with Gasteiger partial charge in [-0.15, -0.1) is 0 Å². The topological polar surface area (TPSA) is 176 Å². The number of hydrogen-bond donors (Lipinski definition) is 5. The van der Waals surface area contributed by atoms with Crippen LogP contribution in [0.3, 0.4) is 0 Å². The summed E-state index contributed by atoms with van der Waals surface area (Å²) in [6, 6.07) is 1.75. The second-order valence-corrected chi connectivity index (χ2v) is 2.70. The Labute approximate surface area is 103 Å². The fourth-order valence-electron chi connectivity index (χ4n) is 0.714. The number of aliphatic carboxylic acids is 3. The number of nitriles is 1. The molecule has 0 spiro atoms. The third-order valence-electron chi connectivity index (χ3n) is 1.29. The Morgan fingerprint density at radius 3 is 1.39 bits per heavy atom. The lowest BCUT2D eigenvalue weighted by Crippen LogP contribution is -2.42. The van der Waals surface area contributed by atoms with Crippen molar-refractivity contribution < 1.29 is 39.9 Å². The van der Waals surface area contributed by atoms with Crippen LogP contribution in [0, 0.1) is 11.3 Å². The molecule has 0 radical (unpaired) electrons. The SMILES string of the molecule is CC#N.CO.O=C(O)CC(O)(CC(=O)O)C(=O)O. The predicted molar refractivity (Wildman–Crippen MR) is 56.5 cm³/mol. The molecule has 0 aromatic rings. The molecule has 5 N–H and O–H groups in total. The molecule has 0 heterocycles. The first-order valence-corrected chi connectivity index (χ1v) is 4.34. The lowest BCUT2D eigenvalue weighted by atomic mass is 9.96. The van der Waals surface area contributed by atoms with Gasteiger partial charge in [-0.25, -0.2) is 4.79 Å². The predicted octanol–water partition coefficient (Wildman–Crippen LogP) is -1.11. The first-order chi connectivity index (χ1) is 8.19. The van der Waals surface area contributed by atoms with Gasteiger partial charge >= 0.3 is 17.9 Å². The van der Waals surface area contributed by atoms with E-state index in [-0.39, 0.29) is 0 Å². The molecule has 0 aliphatic carbocycles. The number of carboxylic acids is 3. The van der Waals surface area contributed by atoms with Crippen LogP contribution >= 0.6 is 0 Å². The number of carboxylic acid groups (broad SMARTS) is 3. The summed E-state index contributed by atoms with van der Waals surface area (Å²) >= 11 is 0. The van der Waals surface area contributed by atoms with Gasteiger partial charge in [-0.2, -0.15) is 5.26 Å². The van der Waals surface area contributed by atoms with Crippen LogP contribution in [0.5, 0.6) is 0 Å². The average molecular weight is 265 g/mol. The smallest absolute Gasteiger partial charge is 0.336 e. The third kappa shape index (κ3) is 11.9. The maximum Gasteiger partial charge on any atom is 0.336 e. The number of aliphatic hydroxyl groups is 2. The lowest BCUT2D eigenvalue weighted by molar-refractivity contribution is -0.170. The summed E-state index contributed by atoms with van der Waals surface area (Å²) < 4.78 is 0. The minimum absolute atomic E-state index is 1.00. The number of rotatable bonds is 5. The summed E-state index contributed by atoms with van der Waals surface area (Å²) in [5.41, 5.74) is -2.74. The van der Waals surface area contributed by atoms with Crippen molar-refractivity contribution in [1.29, 1.82) is 5.26 Å². The fraction of sp³-hybridized carbons (Fsp3) is 0.556. The molecule has 0 aliphatic heterocycles. The Morgan fingerprint density at radius 2 is 1.28 bits per heavy atom. The highest BCUT2D eigenvalue weighted by atomic mass is 16.4. The van der Waals surface area contributed by atoms with Crippen LogP contribution in [-0.4, -0.2) is 56.2 Å². The quantitative estimate of drug-likeness (QED) is 0.412. The molecule has 0 aromatic heterocycles. The Kier molecular flexibility index (Phi) is 13.3. The van der Waals surface area contributed by atoms with Crippen LogP contribution in [0.15, 0.2) is 0 Å². The number of carbonyl (C=O) groups is 3. The zero-order chi connectivity index (χ0) is 15.4. The maximum absolute atomic E-state index is 10.3. The van der Waals surface area contributed by atoms with E-state index < -0.39 is 36.4 Å². The number of nitrogens with zero attached hydrogens (tertiary/aromatic N) is 1. The molecule has 0 aromatic carbocycles. The normalized spacial score (nSPS) is 8.61. The zero-order valence-electron chi connectivity index (χ0n) is 9.82. The first kappa shape index (κ1) is 21.1. The zero-order valence-corrected chi connectivity index (χ0v) is 9.82. The molecule has 9 nitrogen and oxygen atoms in total. The molecule has 0 saturated heterocycles. The van der Waals surface area contributed by atoms with Crippen molar-refractivity contribution in [3.8, 4) is 6.07 Å². The van der Waals surface area contributed by atoms with E-state index >= 15 is 0 Å². The van der Waals surface area contributed by atoms with Gasteiger partial charge in [0, 0.05) is 14.0 Å². The summed E-state index contributed by atoms with van der Waals surface area (Å²) in [4.78, 5) is 30.5. The van der Waals surface area contributed by atoms with Gasteiger partial charge in [0.05, 0.1) is 18.9 Å². The molecule has 0 fully saturated rings. The maximum atomic E-state index is 10.3. The van der Waals surface area contributed by atoms with Crippen LogP contribution < -0.4 is 0 Å². The van der Waals surface area contributed by atoms with Crippen LogP contribution in [0.4, 0.5) is 0 Å². The molecule has 0 saturated carbocycles. The Morgan fingerprint density at radius 1 is 1.06 bits per heavy atom. The lowest BCUT2D eigenvalue weighted by Gasteiger charge is -2.18. The number of aliphatic hydroxyl groups excluding tert-OH is 1. The van der Waals surface area contributed by atoms with Gasteiger partial charge in [-0.05, 0) is 0 Å². The van der Waals surface area contributed by atoms with Gasteiger partial charge in [0.2, 0.25) is 0 Å². The molecular weight excluding hydrogens is 250 g/mol. The van der Waals surface area contributed by atoms with Gasteiger partial charge in [-0.3, -0.25) is 9.59 Å². The van der Waals surface area contributed by atoms with Gasteiger partial charge in [0.1, 0.15) is 0 Å². The first-order valence-electron chi connectivity index (χ1n) is 4.34. The van der Waals surface area contributed by atoms with E-state index in [9.17, 15) is 14.4 Å². The molecule has 0 aliphatic rings. The van der Waals surface area contributed by atoms with E-state index in [0.29, 0.717) is 0 Å². The summed E-state index contributed by atoms with van der Waals surface area (Å²) in [6.07, 6.45) is -2.29. The van der Waals surface area contributed by atoms with Crippen LogP contribution in [0.25, 0.3) is 0 Å². The van der Waals surface area contributed by atoms with E-state index in [4.69, 9.17) is 30.8 Å². The van der Waals surface area contributed by atoms with Crippen molar-refractivity contribution in [1.82, 2.24) is 0 Å². The molecule has 0 bridgehead atoms. The highest BCUT2D eigenvalue weighted by Gasteiger charge is 2.40. The molecule has 0 atom stereocenters. The van der Waals surface area contributed by atoms with Gasteiger partial charge < -0.3 is 25.5 Å². The van der Waals surface area contributed by atoms with Crippen molar-refractivity contribution >= 4 is 17.9 Å². The minimum atomic E-state index is -2.74. The van der Waals surface area contributed by atoms with Crippen molar-refractivity contribution in [2.24, 2.45) is 0 Å². The van der Waals surface area contributed by atoms with Crippen molar-refractivity contribution in [3.05, 3.63) is 0 Å². The molecule has 0 rings (SSSR count). The molecule has 0 unspecified atom stereocenters. The second kappa shape index (κ2) is 11.3. The second-order valence-electron chi connectivity index (χ2n) is 2.70. The molecule has 104 valence electrons. The minimum Gasteiger partial charge on any atom is -0.481 e. The summed E-state index contributed by atoms with van der Waals surface area (Å²) in [6.45, 7) is 1.43. The van der Waals surface area contributed by atoms with E-state index in [1.807, 2.05) is 0 Å². The van der Waals surface area contributed by atoms with Gasteiger partial charge in [0.25, 0.3) is 0 Å². The number of hydrogen-bond acceptors (Lipinski definition) is 6. The molecule has 9 heteroatoms. The summed E-state index contributed by atoms with van der Waals surface area (Å²) in [5.74, 6) is -5.02. The standard InChI is InChI=1S/C6H8O7.C2H3N.CH4O/c7-3(8)1-6(13,5(11)12)2-4(9)10;1-2-3;1-2/h13H,1-2H2,(H,7,8)(H,9,10)(H,11,12);1H3;2H,1H3. The van der Waals surface area contributed by atoms with Gasteiger partial charge in [-0.1, -0.05) is 0 Å². The van der Waals surface area contributed by atoms with Crippen molar-refractivity contribution in [3.63, 3.8) is 0 Å². The third-order valence-corrected chi connectivity index (χ3v) is 1.29. The van der Waals surface area contributed by atoms with E-state index in [2.05, 4.69) is 0 Å². The van der Waals surface area contributed by atoms with Crippen LogP contribution in [-0.2, 0) is 14.4 Å². The Balaban J connectivity index is -0.000000389. The fourth-order valence-corrected chi connectivity index (χ4v) is 0.714. The van der Waals surface area contributed by atoms with Crippen LogP contribution in [0.2, 0.25) is 0 Å². The largest absolute Gasteiger partial charge is 0.481 e.